The van der Waals surface area contributed by atoms with Gasteiger partial charge in [-0.1, -0.05) is 0 Å². The maximum absolute atomic E-state index is 13.8. The maximum atomic E-state index is 13.8. The molecule has 3 aliphatic carbocycles. The maximum Gasteiger partial charge on any atom is 0.255 e. The third kappa shape index (κ3) is 3.15. The van der Waals surface area contributed by atoms with Crippen LogP contribution in [-0.4, -0.2) is 74.3 Å². The predicted molar refractivity (Wildman–Crippen MR) is 122 cm³/mol. The fourth-order valence-electron chi connectivity index (χ4n) is 5.84. The molecule has 4 atom stereocenters. The number of aromatic hydroxyl groups is 1. The number of hydrogen-bond acceptors (Lipinski definition) is 10. The van der Waals surface area contributed by atoms with Crippen molar-refractivity contribution >= 4 is 29.0 Å². The van der Waals surface area contributed by atoms with Crippen molar-refractivity contribution in [3.05, 3.63) is 45.2 Å². The number of rotatable bonds is 4. The van der Waals surface area contributed by atoms with Gasteiger partial charge in [-0.25, -0.2) is 0 Å². The predicted octanol–water partition coefficient (Wildman–Crippen LogP) is -0.375. The minimum atomic E-state index is -2.71. The lowest BCUT2D eigenvalue weighted by Crippen LogP contribution is -2.65. The van der Waals surface area contributed by atoms with Crippen LogP contribution < -0.4 is 11.5 Å². The van der Waals surface area contributed by atoms with Crippen molar-refractivity contribution in [2.45, 2.75) is 38.0 Å². The Bertz CT molecular complexity index is 1280. The van der Waals surface area contributed by atoms with Crippen LogP contribution in [0.15, 0.2) is 23.0 Å². The van der Waals surface area contributed by atoms with E-state index in [4.69, 9.17) is 11.5 Å². The summed E-state index contributed by atoms with van der Waals surface area (Å²) in [5.74, 6) is -7.72. The van der Waals surface area contributed by atoms with Gasteiger partial charge in [-0.2, -0.15) is 0 Å². The second-order valence-corrected chi connectivity index (χ2v) is 9.51. The third-order valence-electron chi connectivity index (χ3n) is 7.40. The molecule has 1 fully saturated rings. The van der Waals surface area contributed by atoms with Crippen molar-refractivity contribution in [3.8, 4) is 5.75 Å². The van der Waals surface area contributed by atoms with E-state index in [0.717, 1.165) is 0 Å². The van der Waals surface area contributed by atoms with E-state index in [9.17, 15) is 39.6 Å². The molecule has 1 aromatic carbocycles. The van der Waals surface area contributed by atoms with Crippen molar-refractivity contribution < 1.29 is 39.6 Å². The normalized spacial score (nSPS) is 28.1. The molecule has 0 spiro atoms. The molecule has 0 aliphatic heterocycles. The van der Waals surface area contributed by atoms with Crippen LogP contribution in [-0.2, 0) is 27.3 Å². The van der Waals surface area contributed by atoms with E-state index < -0.39 is 63.8 Å². The van der Waals surface area contributed by atoms with Gasteiger partial charge < -0.3 is 31.9 Å². The summed E-state index contributed by atoms with van der Waals surface area (Å²) in [6.45, 7) is 1.17. The Hall–Kier alpha value is -3.54. The van der Waals surface area contributed by atoms with Gasteiger partial charge in [0.25, 0.3) is 5.91 Å². The number of Topliss-reactive ketones (excluding diaryl/α,β-unsaturated/α-hetero) is 3. The van der Waals surface area contributed by atoms with E-state index in [0.29, 0.717) is 5.56 Å². The SMILES string of the molecule is CC(=O)c1cc(CN)c(O)c2c1C[C@H]1C[C@H]3[C@H](N(C)C)C(=O)C(C(N)=O)=C(O)[C@]3(O)C(=O)C1=C2O. The Kier molecular flexibility index (Phi) is 5.62. The van der Waals surface area contributed by atoms with E-state index >= 15 is 0 Å². The van der Waals surface area contributed by atoms with E-state index in [2.05, 4.69) is 0 Å². The lowest BCUT2D eigenvalue weighted by atomic mass is 9.57. The molecule has 1 aromatic rings. The average Bonchev–Trinajstić information content (AvgIpc) is 2.75. The fraction of sp³-hybridized carbons (Fsp3) is 0.417. The topological polar surface area (TPSA) is 204 Å². The summed E-state index contributed by atoms with van der Waals surface area (Å²) in [4.78, 5) is 52.6. The van der Waals surface area contributed by atoms with Gasteiger partial charge in [0.2, 0.25) is 5.78 Å². The highest BCUT2D eigenvalue weighted by Gasteiger charge is 2.64. The second kappa shape index (κ2) is 8.01. The molecule has 11 heteroatoms. The molecule has 186 valence electrons. The van der Waals surface area contributed by atoms with Crippen molar-refractivity contribution in [2.75, 3.05) is 14.1 Å². The zero-order valence-electron chi connectivity index (χ0n) is 19.5. The number of hydrogen-bond donors (Lipinski definition) is 6. The van der Waals surface area contributed by atoms with E-state index in [1.54, 1.807) is 0 Å². The molecule has 0 saturated heterocycles. The van der Waals surface area contributed by atoms with Crippen molar-refractivity contribution in [3.63, 3.8) is 0 Å². The van der Waals surface area contributed by atoms with Gasteiger partial charge in [0.05, 0.1) is 11.6 Å². The van der Waals surface area contributed by atoms with Gasteiger partial charge in [-0.05, 0) is 51.4 Å². The van der Waals surface area contributed by atoms with E-state index in [-0.39, 0.29) is 47.4 Å². The Morgan fingerprint density at radius 2 is 1.83 bits per heavy atom. The summed E-state index contributed by atoms with van der Waals surface area (Å²) >= 11 is 0. The fourth-order valence-corrected chi connectivity index (χ4v) is 5.84. The molecular formula is C24H27N3O8. The van der Waals surface area contributed by atoms with Crippen LogP contribution in [0.5, 0.6) is 5.75 Å². The average molecular weight is 485 g/mol. The third-order valence-corrected chi connectivity index (χ3v) is 7.40. The number of carbonyl (C=O) groups excluding carboxylic acids is 4. The zero-order valence-corrected chi connectivity index (χ0v) is 19.5. The van der Waals surface area contributed by atoms with Gasteiger partial charge in [0, 0.05) is 29.2 Å². The van der Waals surface area contributed by atoms with Crippen LogP contribution in [0.4, 0.5) is 0 Å². The van der Waals surface area contributed by atoms with E-state index in [1.807, 2.05) is 0 Å². The van der Waals surface area contributed by atoms with Gasteiger partial charge in [0.15, 0.2) is 17.2 Å². The molecule has 0 radical (unpaired) electrons. The quantitative estimate of drug-likeness (QED) is 0.241. The van der Waals surface area contributed by atoms with Crippen molar-refractivity contribution in [1.82, 2.24) is 4.90 Å². The van der Waals surface area contributed by atoms with Crippen LogP contribution >= 0.6 is 0 Å². The highest BCUT2D eigenvalue weighted by atomic mass is 16.3. The number of phenolic OH excluding ortho intramolecular Hbond substituents is 1. The number of carbonyl (C=O) groups is 4. The number of aliphatic hydroxyl groups excluding tert-OH is 2. The lowest BCUT2D eigenvalue weighted by Gasteiger charge is -2.50. The van der Waals surface area contributed by atoms with Gasteiger partial charge in [-0.15, -0.1) is 0 Å². The Morgan fingerprint density at radius 1 is 1.20 bits per heavy atom. The van der Waals surface area contributed by atoms with Crippen molar-refractivity contribution in [2.24, 2.45) is 23.3 Å². The van der Waals surface area contributed by atoms with Gasteiger partial charge >= 0.3 is 0 Å². The number of nitrogens with zero attached hydrogens (tertiary/aromatic N) is 1. The molecule has 1 saturated carbocycles. The molecule has 11 nitrogen and oxygen atoms in total. The summed E-state index contributed by atoms with van der Waals surface area (Å²) in [5, 5.41) is 44.4. The van der Waals surface area contributed by atoms with Gasteiger partial charge in [-0.3, -0.25) is 24.1 Å². The Labute approximate surface area is 200 Å². The van der Waals surface area contributed by atoms with Crippen LogP contribution in [0.3, 0.4) is 0 Å². The van der Waals surface area contributed by atoms with Crippen LogP contribution in [0.25, 0.3) is 5.76 Å². The summed E-state index contributed by atoms with van der Waals surface area (Å²) in [5.41, 5.74) is 7.69. The number of nitrogens with two attached hydrogens (primary N) is 2. The van der Waals surface area contributed by atoms with Crippen LogP contribution in [0, 0.1) is 11.8 Å². The molecule has 4 rings (SSSR count). The number of fused-ring (bicyclic) bond motifs is 3. The molecule has 0 aromatic heterocycles. The molecule has 0 bridgehead atoms. The molecule has 3 aliphatic rings. The molecule has 35 heavy (non-hydrogen) atoms. The molecule has 0 unspecified atom stereocenters. The van der Waals surface area contributed by atoms with Crippen LogP contribution in [0.1, 0.15) is 40.4 Å². The number of primary amides is 1. The number of benzene rings is 1. The Morgan fingerprint density at radius 3 is 2.34 bits per heavy atom. The smallest absolute Gasteiger partial charge is 0.255 e. The second-order valence-electron chi connectivity index (χ2n) is 9.51. The number of phenols is 1. The van der Waals surface area contributed by atoms with Gasteiger partial charge in [0.1, 0.15) is 22.8 Å². The molecule has 8 N–H and O–H groups in total. The highest BCUT2D eigenvalue weighted by molar-refractivity contribution is 6.24. The zero-order chi connectivity index (χ0) is 26.1. The monoisotopic (exact) mass is 485 g/mol. The first-order valence-corrected chi connectivity index (χ1v) is 11.0. The van der Waals surface area contributed by atoms with Crippen LogP contribution in [0.2, 0.25) is 0 Å². The summed E-state index contributed by atoms with van der Waals surface area (Å²) in [6, 6.07) is 0.267. The largest absolute Gasteiger partial charge is 0.508 e. The minimum Gasteiger partial charge on any atom is -0.508 e. The standard InChI is InChI=1S/C24H27N3O8/c1-8(28)11-5-10(7-25)18(29)15-12(11)4-9-6-13-17(27(2)3)20(31)16(23(26)34)22(33)24(13,35)21(32)14(9)19(15)30/h5,9,13,17,29-30,33,35H,4,6-7,25H2,1-3H3,(H2,26,34)/t9-,13-,17-,24+/m0/s1. The number of amides is 1. The first-order valence-electron chi connectivity index (χ1n) is 11.0. The number of likely N-dealkylation sites (N-methyl/N-ethyl adjacent to an activating group) is 1. The molecular weight excluding hydrogens is 458 g/mol. The minimum absolute atomic E-state index is 0.0435. The summed E-state index contributed by atoms with van der Waals surface area (Å²) in [6.07, 6.45) is -0.00955. The first kappa shape index (κ1) is 24.6. The molecule has 0 heterocycles. The first-order chi connectivity index (χ1) is 16.3. The number of aliphatic hydroxyl groups is 3. The highest BCUT2D eigenvalue weighted by Crippen LogP contribution is 2.53. The van der Waals surface area contributed by atoms with Crippen molar-refractivity contribution in [1.29, 1.82) is 0 Å². The summed E-state index contributed by atoms with van der Waals surface area (Å²) in [7, 11) is 3.04. The molecule has 1 amide bonds. The summed E-state index contributed by atoms with van der Waals surface area (Å²) < 4.78 is 0. The lowest BCUT2D eigenvalue weighted by molar-refractivity contribution is -0.153. The number of ketones is 3. The van der Waals surface area contributed by atoms with E-state index in [1.165, 1.54) is 32.0 Å². The Balaban J connectivity index is 2.02.